The number of anilines is 1. The normalized spacial score (nSPS) is 11.3. The monoisotopic (exact) mass is 329 g/mol. The molecule has 6 nitrogen and oxygen atoms in total. The summed E-state index contributed by atoms with van der Waals surface area (Å²) in [6, 6.07) is 16.8. The van der Waals surface area contributed by atoms with Crippen molar-refractivity contribution in [2.45, 2.75) is 4.90 Å². The number of methoxy groups -OCH3 is 1. The topological polar surface area (TPSA) is 87.2 Å². The molecule has 0 spiro atoms. The molecule has 0 fully saturated rings. The van der Waals surface area contributed by atoms with E-state index in [9.17, 15) is 8.42 Å². The van der Waals surface area contributed by atoms with Crippen LogP contribution in [0.3, 0.4) is 0 Å². The van der Waals surface area contributed by atoms with Gasteiger partial charge in [0, 0.05) is 11.6 Å². The molecule has 1 aromatic heterocycles. The van der Waals surface area contributed by atoms with Gasteiger partial charge in [0.15, 0.2) is 0 Å². The lowest BCUT2D eigenvalue weighted by Gasteiger charge is -2.07. The van der Waals surface area contributed by atoms with E-state index in [0.717, 1.165) is 9.65 Å². The Bertz CT molecular complexity index is 917. The molecule has 0 amide bonds. The Morgan fingerprint density at radius 2 is 1.70 bits per heavy atom. The van der Waals surface area contributed by atoms with Crippen LogP contribution in [0.25, 0.3) is 11.3 Å². The summed E-state index contributed by atoms with van der Waals surface area (Å²) in [6.45, 7) is 0. The van der Waals surface area contributed by atoms with E-state index in [1.54, 1.807) is 12.1 Å². The van der Waals surface area contributed by atoms with Crippen LogP contribution in [0.4, 0.5) is 5.82 Å². The summed E-state index contributed by atoms with van der Waals surface area (Å²) in [5.41, 5.74) is 7.15. The van der Waals surface area contributed by atoms with Crippen molar-refractivity contribution in [1.29, 1.82) is 0 Å². The van der Waals surface area contributed by atoms with Gasteiger partial charge in [0.25, 0.3) is 10.0 Å². The Morgan fingerprint density at radius 1 is 1.04 bits per heavy atom. The van der Waals surface area contributed by atoms with E-state index >= 15 is 0 Å². The number of ether oxygens (including phenoxy) is 1. The maximum atomic E-state index is 12.7. The van der Waals surface area contributed by atoms with Crippen LogP contribution in [0.2, 0.25) is 0 Å². The van der Waals surface area contributed by atoms with Crippen molar-refractivity contribution in [3.8, 4) is 17.0 Å². The number of nitrogens with two attached hydrogens (primary N) is 1. The summed E-state index contributed by atoms with van der Waals surface area (Å²) in [5.74, 6) is 0.627. The lowest BCUT2D eigenvalue weighted by Crippen LogP contribution is -2.16. The molecule has 2 aromatic carbocycles. The zero-order chi connectivity index (χ0) is 16.4. The maximum Gasteiger partial charge on any atom is 0.284 e. The molecule has 23 heavy (non-hydrogen) atoms. The molecule has 0 saturated heterocycles. The molecule has 1 heterocycles. The minimum absolute atomic E-state index is 0.0553. The highest BCUT2D eigenvalue weighted by Gasteiger charge is 2.22. The first-order chi connectivity index (χ1) is 11.0. The van der Waals surface area contributed by atoms with E-state index in [0.29, 0.717) is 11.4 Å². The Kier molecular flexibility index (Phi) is 3.79. The molecule has 2 N–H and O–H groups in total. The second-order valence-electron chi connectivity index (χ2n) is 4.84. The minimum Gasteiger partial charge on any atom is -0.497 e. The molecule has 0 aliphatic carbocycles. The summed E-state index contributed by atoms with van der Waals surface area (Å²) >= 11 is 0. The maximum absolute atomic E-state index is 12.7. The van der Waals surface area contributed by atoms with Gasteiger partial charge in [-0.3, -0.25) is 0 Å². The van der Waals surface area contributed by atoms with Crippen LogP contribution in [-0.4, -0.2) is 24.7 Å². The Balaban J connectivity index is 2.05. The molecular weight excluding hydrogens is 314 g/mol. The van der Waals surface area contributed by atoms with E-state index in [1.165, 1.54) is 25.3 Å². The third-order valence-electron chi connectivity index (χ3n) is 3.36. The molecule has 0 aliphatic rings. The van der Waals surface area contributed by atoms with E-state index in [1.807, 2.05) is 30.3 Å². The quantitative estimate of drug-likeness (QED) is 0.794. The van der Waals surface area contributed by atoms with E-state index < -0.39 is 10.0 Å². The van der Waals surface area contributed by atoms with Gasteiger partial charge in [-0.25, -0.2) is 0 Å². The smallest absolute Gasteiger partial charge is 0.284 e. The third kappa shape index (κ3) is 2.78. The average Bonchev–Trinajstić information content (AvgIpc) is 2.98. The minimum atomic E-state index is -3.86. The van der Waals surface area contributed by atoms with Crippen LogP contribution in [0.1, 0.15) is 0 Å². The van der Waals surface area contributed by atoms with Crippen LogP contribution >= 0.6 is 0 Å². The summed E-state index contributed by atoms with van der Waals surface area (Å²) in [4.78, 5) is 0.0905. The highest BCUT2D eigenvalue weighted by Crippen LogP contribution is 2.24. The molecule has 0 aliphatic heterocycles. The Labute approximate surface area is 134 Å². The first kappa shape index (κ1) is 15.1. The van der Waals surface area contributed by atoms with Gasteiger partial charge in [0.05, 0.1) is 17.7 Å². The van der Waals surface area contributed by atoms with E-state index in [4.69, 9.17) is 10.5 Å². The number of benzene rings is 2. The zero-order valence-corrected chi connectivity index (χ0v) is 13.2. The van der Waals surface area contributed by atoms with Crippen molar-refractivity contribution in [1.82, 2.24) is 9.19 Å². The predicted octanol–water partition coefficient (Wildman–Crippen LogP) is 2.38. The lowest BCUT2D eigenvalue weighted by atomic mass is 10.2. The van der Waals surface area contributed by atoms with Gasteiger partial charge in [-0.05, 0) is 24.3 Å². The van der Waals surface area contributed by atoms with Crippen molar-refractivity contribution in [3.05, 3.63) is 60.7 Å². The average molecular weight is 329 g/mol. The van der Waals surface area contributed by atoms with Gasteiger partial charge in [0.2, 0.25) is 0 Å². The summed E-state index contributed by atoms with van der Waals surface area (Å²) in [6.07, 6.45) is 0. The van der Waals surface area contributed by atoms with E-state index in [2.05, 4.69) is 5.10 Å². The standard InChI is InChI=1S/C16H15N3O3S/c1-22-13-7-9-14(10-8-13)23(20,21)19-16(17)11-15(18-19)12-5-3-2-4-6-12/h2-11H,17H2,1H3. The van der Waals surface area contributed by atoms with E-state index in [-0.39, 0.29) is 10.7 Å². The SMILES string of the molecule is COc1ccc(S(=O)(=O)n2nc(-c3ccccc3)cc2N)cc1. The van der Waals surface area contributed by atoms with Gasteiger partial charge >= 0.3 is 0 Å². The van der Waals surface area contributed by atoms with Crippen molar-refractivity contribution in [2.24, 2.45) is 0 Å². The molecule has 7 heteroatoms. The predicted molar refractivity (Wildman–Crippen MR) is 87.7 cm³/mol. The highest BCUT2D eigenvalue weighted by molar-refractivity contribution is 7.90. The summed E-state index contributed by atoms with van der Waals surface area (Å²) < 4.78 is 31.2. The Hall–Kier alpha value is -2.80. The fraction of sp³-hybridized carbons (Fsp3) is 0.0625. The van der Waals surface area contributed by atoms with Gasteiger partial charge < -0.3 is 10.5 Å². The fourth-order valence-electron chi connectivity index (χ4n) is 2.17. The van der Waals surface area contributed by atoms with Crippen molar-refractivity contribution in [3.63, 3.8) is 0 Å². The molecule has 118 valence electrons. The number of rotatable bonds is 4. The van der Waals surface area contributed by atoms with Crippen LogP contribution in [0.5, 0.6) is 5.75 Å². The molecule has 0 bridgehead atoms. The van der Waals surface area contributed by atoms with Crippen molar-refractivity contribution >= 4 is 15.8 Å². The number of aromatic nitrogens is 2. The van der Waals surface area contributed by atoms with Crippen molar-refractivity contribution in [2.75, 3.05) is 12.8 Å². The molecule has 3 aromatic rings. The van der Waals surface area contributed by atoms with Crippen LogP contribution in [0.15, 0.2) is 65.6 Å². The molecule has 3 rings (SSSR count). The fourth-order valence-corrected chi connectivity index (χ4v) is 3.38. The lowest BCUT2D eigenvalue weighted by molar-refractivity contribution is 0.414. The molecular formula is C16H15N3O3S. The summed E-state index contributed by atoms with van der Waals surface area (Å²) in [7, 11) is -2.34. The van der Waals surface area contributed by atoms with Gasteiger partial charge in [-0.15, -0.1) is 4.09 Å². The summed E-state index contributed by atoms with van der Waals surface area (Å²) in [5, 5.41) is 4.14. The first-order valence-corrected chi connectivity index (χ1v) is 8.27. The largest absolute Gasteiger partial charge is 0.497 e. The van der Waals surface area contributed by atoms with Crippen LogP contribution in [0, 0.1) is 0 Å². The molecule has 0 unspecified atom stereocenters. The van der Waals surface area contributed by atoms with Crippen LogP contribution < -0.4 is 10.5 Å². The molecule has 0 radical (unpaired) electrons. The van der Waals surface area contributed by atoms with Crippen LogP contribution in [-0.2, 0) is 10.0 Å². The molecule has 0 saturated carbocycles. The number of hydrogen-bond donors (Lipinski definition) is 1. The Morgan fingerprint density at radius 3 is 2.30 bits per heavy atom. The number of hydrogen-bond acceptors (Lipinski definition) is 5. The second kappa shape index (κ2) is 5.77. The van der Waals surface area contributed by atoms with Crippen molar-refractivity contribution < 1.29 is 13.2 Å². The third-order valence-corrected chi connectivity index (χ3v) is 4.97. The molecule has 0 atom stereocenters. The van der Waals surface area contributed by atoms with Gasteiger partial charge in [0.1, 0.15) is 11.6 Å². The number of nitrogens with zero attached hydrogens (tertiary/aromatic N) is 2. The van der Waals surface area contributed by atoms with Gasteiger partial charge in [-0.2, -0.15) is 13.5 Å². The number of nitrogen functional groups attached to an aromatic ring is 1. The zero-order valence-electron chi connectivity index (χ0n) is 12.4. The second-order valence-corrected chi connectivity index (χ2v) is 6.61. The first-order valence-electron chi connectivity index (χ1n) is 6.83. The van der Waals surface area contributed by atoms with Gasteiger partial charge in [-0.1, -0.05) is 30.3 Å². The highest BCUT2D eigenvalue weighted by atomic mass is 32.2.